The third kappa shape index (κ3) is 5.75. The Labute approximate surface area is 115 Å². The summed E-state index contributed by atoms with van der Waals surface area (Å²) in [6.45, 7) is 9.29. The number of aryl methyl sites for hydroxylation is 1. The highest BCUT2D eigenvalue weighted by Gasteiger charge is 2.09. The van der Waals surface area contributed by atoms with Crippen LogP contribution in [0.5, 0.6) is 5.75 Å². The number of esters is 1. The topological polar surface area (TPSA) is 47.6 Å². The van der Waals surface area contributed by atoms with E-state index < -0.39 is 0 Å². The Morgan fingerprint density at radius 3 is 2.74 bits per heavy atom. The molecule has 0 heterocycles. The summed E-state index contributed by atoms with van der Waals surface area (Å²) in [5.74, 6) is 0.386. The van der Waals surface area contributed by atoms with E-state index in [9.17, 15) is 4.79 Å². The lowest BCUT2D eigenvalue weighted by molar-refractivity contribution is -0.149. The average molecular weight is 265 g/mol. The van der Waals surface area contributed by atoms with E-state index in [1.165, 1.54) is 5.56 Å². The van der Waals surface area contributed by atoms with E-state index in [1.807, 2.05) is 32.9 Å². The molecule has 0 aliphatic carbocycles. The monoisotopic (exact) mass is 265 g/mol. The van der Waals surface area contributed by atoms with E-state index in [0.717, 1.165) is 24.4 Å². The van der Waals surface area contributed by atoms with Gasteiger partial charge in [-0.2, -0.15) is 0 Å². The van der Waals surface area contributed by atoms with E-state index in [-0.39, 0.29) is 18.7 Å². The number of ether oxygens (including phenoxy) is 2. The van der Waals surface area contributed by atoms with Crippen molar-refractivity contribution in [3.05, 3.63) is 29.3 Å². The standard InChI is InChI=1S/C15H23NO3/c1-5-16-9-13-8-12(4)6-7-14(13)18-10-15(17)19-11(2)3/h6-8,11,16H,5,9-10H2,1-4H3. The molecule has 0 aliphatic rings. The quantitative estimate of drug-likeness (QED) is 0.769. The van der Waals surface area contributed by atoms with Gasteiger partial charge in [0.05, 0.1) is 6.10 Å². The molecule has 1 aromatic rings. The van der Waals surface area contributed by atoms with Crippen molar-refractivity contribution in [2.75, 3.05) is 13.2 Å². The van der Waals surface area contributed by atoms with Gasteiger partial charge in [0.25, 0.3) is 0 Å². The van der Waals surface area contributed by atoms with E-state index in [4.69, 9.17) is 9.47 Å². The Morgan fingerprint density at radius 1 is 1.37 bits per heavy atom. The molecule has 4 heteroatoms. The van der Waals surface area contributed by atoms with Crippen molar-refractivity contribution in [3.63, 3.8) is 0 Å². The Balaban J connectivity index is 2.63. The summed E-state index contributed by atoms with van der Waals surface area (Å²) in [4.78, 5) is 11.5. The minimum atomic E-state index is -0.343. The van der Waals surface area contributed by atoms with Crippen molar-refractivity contribution >= 4 is 5.97 Å². The molecule has 0 radical (unpaired) electrons. The van der Waals surface area contributed by atoms with E-state index in [0.29, 0.717) is 0 Å². The van der Waals surface area contributed by atoms with E-state index >= 15 is 0 Å². The predicted molar refractivity (Wildman–Crippen MR) is 75.3 cm³/mol. The highest BCUT2D eigenvalue weighted by Crippen LogP contribution is 2.20. The molecule has 0 saturated heterocycles. The molecule has 1 N–H and O–H groups in total. The first-order chi connectivity index (χ1) is 9.02. The van der Waals surface area contributed by atoms with Crippen molar-refractivity contribution in [2.24, 2.45) is 0 Å². The SMILES string of the molecule is CCNCc1cc(C)ccc1OCC(=O)OC(C)C. The summed E-state index contributed by atoms with van der Waals surface area (Å²) in [6.07, 6.45) is -0.115. The van der Waals surface area contributed by atoms with Crippen LogP contribution in [0.4, 0.5) is 0 Å². The first kappa shape index (κ1) is 15.5. The second kappa shape index (κ2) is 7.79. The van der Waals surface area contributed by atoms with Crippen molar-refractivity contribution in [1.82, 2.24) is 5.32 Å². The van der Waals surface area contributed by atoms with Gasteiger partial charge in [0.1, 0.15) is 5.75 Å². The lowest BCUT2D eigenvalue weighted by atomic mass is 10.1. The van der Waals surface area contributed by atoms with Gasteiger partial charge in [-0.05, 0) is 33.4 Å². The zero-order valence-electron chi connectivity index (χ0n) is 12.2. The number of nitrogens with one attached hydrogen (secondary N) is 1. The maximum atomic E-state index is 11.5. The van der Waals surface area contributed by atoms with Gasteiger partial charge in [0.2, 0.25) is 0 Å². The maximum absolute atomic E-state index is 11.5. The van der Waals surface area contributed by atoms with Crippen LogP contribution in [-0.2, 0) is 16.1 Å². The zero-order chi connectivity index (χ0) is 14.3. The summed E-state index contributed by atoms with van der Waals surface area (Å²) >= 11 is 0. The highest BCUT2D eigenvalue weighted by atomic mass is 16.6. The van der Waals surface area contributed by atoms with Gasteiger partial charge in [0, 0.05) is 12.1 Å². The predicted octanol–water partition coefficient (Wildman–Crippen LogP) is 2.43. The van der Waals surface area contributed by atoms with Crippen molar-refractivity contribution < 1.29 is 14.3 Å². The van der Waals surface area contributed by atoms with Gasteiger partial charge in [0.15, 0.2) is 6.61 Å². The fourth-order valence-corrected chi connectivity index (χ4v) is 1.68. The third-order valence-electron chi connectivity index (χ3n) is 2.49. The molecule has 0 spiro atoms. The average Bonchev–Trinajstić information content (AvgIpc) is 2.34. The number of carbonyl (C=O) groups is 1. The molecular weight excluding hydrogens is 242 g/mol. The van der Waals surface area contributed by atoms with E-state index in [1.54, 1.807) is 0 Å². The number of hydrogen-bond acceptors (Lipinski definition) is 4. The number of rotatable bonds is 7. The van der Waals surface area contributed by atoms with Gasteiger partial charge in [-0.3, -0.25) is 0 Å². The lowest BCUT2D eigenvalue weighted by Gasteiger charge is -2.13. The number of carbonyl (C=O) groups excluding carboxylic acids is 1. The lowest BCUT2D eigenvalue weighted by Crippen LogP contribution is -2.20. The van der Waals surface area contributed by atoms with Crippen molar-refractivity contribution in [2.45, 2.75) is 40.3 Å². The Morgan fingerprint density at radius 2 is 2.11 bits per heavy atom. The minimum Gasteiger partial charge on any atom is -0.482 e. The third-order valence-corrected chi connectivity index (χ3v) is 2.49. The zero-order valence-corrected chi connectivity index (χ0v) is 12.2. The molecule has 1 aromatic carbocycles. The summed E-state index contributed by atoms with van der Waals surface area (Å²) in [7, 11) is 0. The van der Waals surface area contributed by atoms with Gasteiger partial charge >= 0.3 is 5.97 Å². The first-order valence-electron chi connectivity index (χ1n) is 6.65. The Hall–Kier alpha value is -1.55. The molecule has 0 atom stereocenters. The van der Waals surface area contributed by atoms with Gasteiger partial charge < -0.3 is 14.8 Å². The van der Waals surface area contributed by atoms with Crippen LogP contribution in [0.15, 0.2) is 18.2 Å². The normalized spacial score (nSPS) is 10.6. The Kier molecular flexibility index (Phi) is 6.36. The molecular formula is C15H23NO3. The molecule has 0 unspecified atom stereocenters. The number of benzene rings is 1. The molecule has 106 valence electrons. The van der Waals surface area contributed by atoms with Crippen LogP contribution in [0, 0.1) is 6.92 Å². The molecule has 0 amide bonds. The molecule has 0 aromatic heterocycles. The number of hydrogen-bond donors (Lipinski definition) is 1. The van der Waals surface area contributed by atoms with Crippen molar-refractivity contribution in [1.29, 1.82) is 0 Å². The van der Waals surface area contributed by atoms with Crippen LogP contribution in [0.25, 0.3) is 0 Å². The van der Waals surface area contributed by atoms with Crippen LogP contribution in [0.1, 0.15) is 31.9 Å². The van der Waals surface area contributed by atoms with Crippen molar-refractivity contribution in [3.8, 4) is 5.75 Å². The summed E-state index contributed by atoms with van der Waals surface area (Å²) < 4.78 is 10.6. The fraction of sp³-hybridized carbons (Fsp3) is 0.533. The molecule has 1 rings (SSSR count). The summed E-state index contributed by atoms with van der Waals surface area (Å²) in [6, 6.07) is 5.93. The summed E-state index contributed by atoms with van der Waals surface area (Å²) in [5, 5.41) is 3.26. The molecule has 0 bridgehead atoms. The molecule has 4 nitrogen and oxygen atoms in total. The summed E-state index contributed by atoms with van der Waals surface area (Å²) in [5.41, 5.74) is 2.23. The Bertz CT molecular complexity index is 416. The highest BCUT2D eigenvalue weighted by molar-refractivity contribution is 5.71. The largest absolute Gasteiger partial charge is 0.482 e. The first-order valence-corrected chi connectivity index (χ1v) is 6.65. The second-order valence-corrected chi connectivity index (χ2v) is 4.72. The molecule has 19 heavy (non-hydrogen) atoms. The second-order valence-electron chi connectivity index (χ2n) is 4.72. The maximum Gasteiger partial charge on any atom is 0.344 e. The van der Waals surface area contributed by atoms with Crippen LogP contribution < -0.4 is 10.1 Å². The van der Waals surface area contributed by atoms with Gasteiger partial charge in [-0.1, -0.05) is 24.6 Å². The molecule has 0 aliphatic heterocycles. The minimum absolute atomic E-state index is 0.0552. The van der Waals surface area contributed by atoms with Crippen LogP contribution in [0.3, 0.4) is 0 Å². The van der Waals surface area contributed by atoms with Crippen LogP contribution >= 0.6 is 0 Å². The molecule has 0 saturated carbocycles. The van der Waals surface area contributed by atoms with Gasteiger partial charge in [-0.25, -0.2) is 4.79 Å². The van der Waals surface area contributed by atoms with Crippen LogP contribution in [0.2, 0.25) is 0 Å². The van der Waals surface area contributed by atoms with E-state index in [2.05, 4.69) is 18.3 Å². The molecule has 0 fully saturated rings. The fourth-order valence-electron chi connectivity index (χ4n) is 1.68. The van der Waals surface area contributed by atoms with Crippen LogP contribution in [-0.4, -0.2) is 25.2 Å². The van der Waals surface area contributed by atoms with Gasteiger partial charge in [-0.15, -0.1) is 0 Å². The smallest absolute Gasteiger partial charge is 0.344 e.